The van der Waals surface area contributed by atoms with Crippen molar-refractivity contribution < 1.29 is 89.4 Å². The molecule has 0 saturated carbocycles. The number of rotatable bonds is 33. The lowest BCUT2D eigenvalue weighted by atomic mass is 10.0. The highest BCUT2D eigenvalue weighted by Gasteiger charge is 2.34. The van der Waals surface area contributed by atoms with Crippen molar-refractivity contribution in [3.05, 3.63) is 59.4 Å². The number of unbranched alkanes of at least 4 members (excludes halogenated alkanes) is 3. The quantitative estimate of drug-likeness (QED) is 0.0200. The normalized spacial score (nSPS) is 17.3. The number of carbonyl (C=O) groups excluding carboxylic acids is 7. The number of H-pyrrole nitrogens is 1. The molecule has 1 aliphatic rings. The number of methoxy groups -OCH3 is 1. The first-order valence-electron chi connectivity index (χ1n) is 25.6. The molecule has 2 aromatic carbocycles. The number of anilines is 1. The average Bonchev–Trinajstić information content (AvgIpc) is 3.83. The van der Waals surface area contributed by atoms with E-state index in [2.05, 4.69) is 36.6 Å². The first-order chi connectivity index (χ1) is 37.1. The fourth-order valence-electron chi connectivity index (χ4n) is 8.26. The summed E-state index contributed by atoms with van der Waals surface area (Å²) in [6.07, 6.45) is -14.4. The Morgan fingerprint density at radius 2 is 1.37 bits per heavy atom. The maximum Gasteiger partial charge on any atom is 0.308 e. The maximum atomic E-state index is 13.9. The van der Waals surface area contributed by atoms with Gasteiger partial charge in [0.2, 0.25) is 29.5 Å². The summed E-state index contributed by atoms with van der Waals surface area (Å²) in [5.74, 6) is -3.71. The number of para-hydroxylation sites is 2. The Bertz CT molecular complexity index is 2420. The van der Waals surface area contributed by atoms with Crippen LogP contribution in [0.25, 0.3) is 11.0 Å². The van der Waals surface area contributed by atoms with Gasteiger partial charge in [0.25, 0.3) is 5.91 Å². The van der Waals surface area contributed by atoms with E-state index in [4.69, 9.17) is 20.7 Å². The standard InChI is InChI=1S/C50H76N10O18/c1-59(24-39-56-31-9-5-6-10-32(31)57-39)49(76)27-11-13-30-28(19-27)23-60(50(77)34(55-30)20-42(69)78-2)18-8-4-3-7-17-52-48(75)33(14-16-41(68)54-22-36(64)44(71)46(73)38(66)26-62)58-47(74)29(51)12-15-40(67)53-21-35(63)43(70)45(72)37(65)25-61/h5-6,9-11,13,19,29,33-38,43-46,55,61-66,70-73H,3-4,7-8,12,14-18,20-26,51H2,1-2H3,(H,52,75)(H,53,67)(H,54,68)(H,56,57)(H,58,74)/t29-,33-,34?,35-,36+,37+,38-,43+,44-,45+,46-/m0/s1. The number of aliphatic hydroxyl groups excluding tert-OH is 10. The number of nitrogens with zero attached hydrogens (tertiary/aromatic N) is 3. The summed E-state index contributed by atoms with van der Waals surface area (Å²) >= 11 is 0. The highest BCUT2D eigenvalue weighted by molar-refractivity contribution is 5.96. The third kappa shape index (κ3) is 19.5. The van der Waals surface area contributed by atoms with E-state index in [0.717, 1.165) is 11.0 Å². The van der Waals surface area contributed by atoms with Gasteiger partial charge in [0.05, 0.1) is 62.6 Å². The lowest BCUT2D eigenvalue weighted by Crippen LogP contribution is -2.52. The number of amides is 6. The maximum absolute atomic E-state index is 13.9. The van der Waals surface area contributed by atoms with Gasteiger partial charge in [-0.05, 0) is 61.6 Å². The van der Waals surface area contributed by atoms with Crippen LogP contribution in [0.15, 0.2) is 42.5 Å². The summed E-state index contributed by atoms with van der Waals surface area (Å²) in [5, 5.41) is 110. The molecule has 18 N–H and O–H groups in total. The number of ether oxygens (including phenoxy) is 1. The van der Waals surface area contributed by atoms with Crippen molar-refractivity contribution in [3.8, 4) is 0 Å². The monoisotopic (exact) mass is 1100 g/mol. The van der Waals surface area contributed by atoms with Crippen molar-refractivity contribution in [2.45, 2.75) is 138 Å². The molecule has 78 heavy (non-hydrogen) atoms. The van der Waals surface area contributed by atoms with Crippen molar-refractivity contribution in [2.75, 3.05) is 58.9 Å². The molecule has 4 rings (SSSR count). The molecule has 0 bridgehead atoms. The number of hydrogen-bond donors (Lipinski definition) is 17. The van der Waals surface area contributed by atoms with Gasteiger partial charge in [-0.15, -0.1) is 0 Å². The van der Waals surface area contributed by atoms with E-state index in [1.807, 2.05) is 24.3 Å². The molecule has 0 saturated heterocycles. The van der Waals surface area contributed by atoms with Gasteiger partial charge in [0.15, 0.2) is 0 Å². The number of nitrogens with two attached hydrogens (primary N) is 1. The predicted octanol–water partition coefficient (Wildman–Crippen LogP) is -5.33. The van der Waals surface area contributed by atoms with Crippen LogP contribution in [0.2, 0.25) is 0 Å². The molecular weight excluding hydrogens is 1030 g/mol. The second kappa shape index (κ2) is 31.8. The van der Waals surface area contributed by atoms with E-state index in [9.17, 15) is 74.4 Å². The van der Waals surface area contributed by atoms with Crippen LogP contribution in [-0.4, -0.2) is 233 Å². The number of imidazole rings is 1. The molecule has 0 spiro atoms. The van der Waals surface area contributed by atoms with E-state index in [1.54, 1.807) is 30.1 Å². The van der Waals surface area contributed by atoms with Crippen molar-refractivity contribution in [1.29, 1.82) is 0 Å². The van der Waals surface area contributed by atoms with Crippen LogP contribution < -0.4 is 32.3 Å². The molecule has 28 heteroatoms. The van der Waals surface area contributed by atoms with Crippen LogP contribution in [0.4, 0.5) is 5.69 Å². The number of aliphatic hydroxyl groups is 10. The summed E-state index contributed by atoms with van der Waals surface area (Å²) < 4.78 is 4.86. The lowest BCUT2D eigenvalue weighted by Gasteiger charge is -2.26. The Morgan fingerprint density at radius 3 is 1.97 bits per heavy atom. The fraction of sp³-hybridized carbons (Fsp3) is 0.600. The van der Waals surface area contributed by atoms with Crippen LogP contribution in [0.5, 0.6) is 0 Å². The van der Waals surface area contributed by atoms with Crippen LogP contribution in [0.1, 0.15) is 79.5 Å². The Hall–Kier alpha value is -6.44. The second-order valence-electron chi connectivity index (χ2n) is 19.1. The van der Waals surface area contributed by atoms with Crippen molar-refractivity contribution in [2.24, 2.45) is 5.73 Å². The number of fused-ring (bicyclic) bond motifs is 2. The molecule has 434 valence electrons. The lowest BCUT2D eigenvalue weighted by molar-refractivity contribution is -0.144. The number of esters is 1. The molecule has 1 aliphatic heterocycles. The minimum absolute atomic E-state index is 0.106. The molecule has 2 heterocycles. The largest absolute Gasteiger partial charge is 0.469 e. The molecule has 11 atom stereocenters. The number of hydrogen-bond acceptors (Lipinski definition) is 21. The first-order valence-corrected chi connectivity index (χ1v) is 25.6. The highest BCUT2D eigenvalue weighted by Crippen LogP contribution is 2.27. The minimum Gasteiger partial charge on any atom is -0.469 e. The minimum atomic E-state index is -1.96. The first kappa shape index (κ1) is 64.1. The molecule has 0 fully saturated rings. The number of aromatic amines is 1. The van der Waals surface area contributed by atoms with Gasteiger partial charge < -0.3 is 103 Å². The van der Waals surface area contributed by atoms with E-state index >= 15 is 0 Å². The van der Waals surface area contributed by atoms with Gasteiger partial charge in [-0.2, -0.15) is 0 Å². The van der Waals surface area contributed by atoms with Gasteiger partial charge in [-0.3, -0.25) is 33.6 Å². The topological polar surface area (TPSA) is 452 Å². The van der Waals surface area contributed by atoms with Gasteiger partial charge in [-0.1, -0.05) is 25.0 Å². The number of benzene rings is 2. The summed E-state index contributed by atoms with van der Waals surface area (Å²) in [7, 11) is 2.88. The third-order valence-corrected chi connectivity index (χ3v) is 13.1. The molecule has 0 aliphatic carbocycles. The Kier molecular flexibility index (Phi) is 26.2. The van der Waals surface area contributed by atoms with E-state index < -0.39 is 129 Å². The average molecular weight is 1110 g/mol. The summed E-state index contributed by atoms with van der Waals surface area (Å²) in [6, 6.07) is 8.87. The molecule has 3 aromatic rings. The van der Waals surface area contributed by atoms with E-state index in [-0.39, 0.29) is 63.7 Å². The van der Waals surface area contributed by atoms with Crippen molar-refractivity contribution >= 4 is 58.1 Å². The molecule has 6 amide bonds. The second-order valence-corrected chi connectivity index (χ2v) is 19.1. The van der Waals surface area contributed by atoms with Gasteiger partial charge in [0, 0.05) is 63.9 Å². The smallest absolute Gasteiger partial charge is 0.308 e. The fourth-order valence-corrected chi connectivity index (χ4v) is 8.26. The van der Waals surface area contributed by atoms with Crippen LogP contribution >= 0.6 is 0 Å². The molecule has 1 unspecified atom stereocenters. The third-order valence-electron chi connectivity index (χ3n) is 13.1. The highest BCUT2D eigenvalue weighted by atomic mass is 16.5. The molecular formula is C50H76N10O18. The molecule has 0 radical (unpaired) electrons. The zero-order valence-electron chi connectivity index (χ0n) is 43.6. The summed E-state index contributed by atoms with van der Waals surface area (Å²) in [6.45, 7) is -2.29. The van der Waals surface area contributed by atoms with Crippen LogP contribution in [0.3, 0.4) is 0 Å². The summed E-state index contributed by atoms with van der Waals surface area (Å²) in [4.78, 5) is 103. The van der Waals surface area contributed by atoms with Gasteiger partial charge in [0.1, 0.15) is 54.5 Å². The van der Waals surface area contributed by atoms with Gasteiger partial charge >= 0.3 is 5.97 Å². The number of aromatic nitrogens is 2. The van der Waals surface area contributed by atoms with E-state index in [0.29, 0.717) is 48.3 Å². The summed E-state index contributed by atoms with van der Waals surface area (Å²) in [5.41, 5.74) is 9.26. The predicted molar refractivity (Wildman–Crippen MR) is 276 cm³/mol. The molecule has 1 aromatic heterocycles. The molecule has 28 nitrogen and oxygen atoms in total. The van der Waals surface area contributed by atoms with Crippen molar-refractivity contribution in [3.63, 3.8) is 0 Å². The zero-order valence-corrected chi connectivity index (χ0v) is 43.6. The van der Waals surface area contributed by atoms with Crippen LogP contribution in [0, 0.1) is 0 Å². The van der Waals surface area contributed by atoms with E-state index in [1.165, 1.54) is 12.0 Å². The van der Waals surface area contributed by atoms with Crippen molar-refractivity contribution in [1.82, 2.24) is 41.0 Å². The van der Waals surface area contributed by atoms with Crippen LogP contribution in [-0.2, 0) is 46.6 Å². The Morgan fingerprint density at radius 1 is 0.782 bits per heavy atom. The SMILES string of the molecule is COC(=O)CC1Nc2ccc(C(=O)N(C)Cc3nc4ccccc4[nH]3)cc2CN(CCCCCCNC(=O)[C@H](CCC(=O)NC[C@@H](O)[C@H](O)[C@@H](O)[C@@H](O)CO)NC(=O)[C@@H](N)CCC(=O)NC[C@H](O)[C@@H](O)[C@H](O)[C@H](O)CO)C1=O. The number of carbonyl (C=O) groups is 7. The Labute approximate surface area is 449 Å². The number of nitrogens with one attached hydrogen (secondary N) is 6. The zero-order chi connectivity index (χ0) is 57.6. The Balaban J connectivity index is 1.32. The van der Waals surface area contributed by atoms with Gasteiger partial charge in [-0.25, -0.2) is 4.98 Å².